The summed E-state index contributed by atoms with van der Waals surface area (Å²) in [5.41, 5.74) is 1.19. The molecule has 16 heavy (non-hydrogen) atoms. The minimum atomic E-state index is -0.0487. The number of anilines is 1. The largest absolute Gasteiger partial charge is 0.322 e. The van der Waals surface area contributed by atoms with Gasteiger partial charge in [0.1, 0.15) is 5.84 Å². The first-order valence-corrected chi connectivity index (χ1v) is 5.78. The molecule has 2 heteroatoms. The molecular weight excluding hydrogens is 196 g/mol. The molecule has 0 aliphatic carbocycles. The average molecular weight is 216 g/mol. The van der Waals surface area contributed by atoms with E-state index in [1.54, 1.807) is 0 Å². The van der Waals surface area contributed by atoms with Gasteiger partial charge in [-0.1, -0.05) is 18.2 Å². The molecule has 0 bridgehead atoms. The van der Waals surface area contributed by atoms with Gasteiger partial charge < -0.3 is 4.90 Å². The Balaban J connectivity index is 2.48. The van der Waals surface area contributed by atoms with E-state index in [0.29, 0.717) is 0 Å². The van der Waals surface area contributed by atoms with Crippen molar-refractivity contribution in [2.24, 2.45) is 4.99 Å². The second-order valence-electron chi connectivity index (χ2n) is 5.45. The second-order valence-corrected chi connectivity index (χ2v) is 5.45. The van der Waals surface area contributed by atoms with Gasteiger partial charge in [-0.25, -0.2) is 0 Å². The predicted octanol–water partition coefficient (Wildman–Crippen LogP) is 3.48. The van der Waals surface area contributed by atoms with Gasteiger partial charge in [-0.2, -0.15) is 0 Å². The Bertz CT molecular complexity index is 416. The van der Waals surface area contributed by atoms with Gasteiger partial charge in [0.05, 0.1) is 11.1 Å². The van der Waals surface area contributed by atoms with Crippen LogP contribution in [0.1, 0.15) is 34.6 Å². The number of benzene rings is 1. The summed E-state index contributed by atoms with van der Waals surface area (Å²) in [7, 11) is 0. The molecule has 0 radical (unpaired) electrons. The quantitative estimate of drug-likeness (QED) is 0.701. The van der Waals surface area contributed by atoms with E-state index < -0.39 is 0 Å². The van der Waals surface area contributed by atoms with Crippen LogP contribution in [0.5, 0.6) is 0 Å². The molecule has 1 heterocycles. The van der Waals surface area contributed by atoms with Crippen molar-refractivity contribution in [2.75, 3.05) is 4.90 Å². The lowest BCUT2D eigenvalue weighted by atomic mass is 9.83. The molecular formula is C14H20N2. The van der Waals surface area contributed by atoms with Crippen LogP contribution in [-0.4, -0.2) is 16.9 Å². The van der Waals surface area contributed by atoms with Gasteiger partial charge in [0.2, 0.25) is 0 Å². The number of para-hydroxylation sites is 1. The third-order valence-corrected chi connectivity index (χ3v) is 3.84. The second kappa shape index (κ2) is 3.34. The maximum absolute atomic E-state index is 4.77. The zero-order valence-electron chi connectivity index (χ0n) is 10.8. The molecule has 1 aliphatic rings. The van der Waals surface area contributed by atoms with E-state index in [-0.39, 0.29) is 11.1 Å². The number of hydrogen-bond donors (Lipinski definition) is 0. The number of aliphatic imine (C=N–C) groups is 1. The van der Waals surface area contributed by atoms with E-state index in [0.717, 1.165) is 5.84 Å². The highest BCUT2D eigenvalue weighted by Crippen LogP contribution is 2.40. The molecule has 2 nitrogen and oxygen atoms in total. The van der Waals surface area contributed by atoms with E-state index in [4.69, 9.17) is 4.99 Å². The van der Waals surface area contributed by atoms with Crippen molar-refractivity contribution in [2.45, 2.75) is 45.7 Å². The first-order valence-electron chi connectivity index (χ1n) is 5.78. The first-order chi connectivity index (χ1) is 7.36. The summed E-state index contributed by atoms with van der Waals surface area (Å²) in [4.78, 5) is 7.10. The monoisotopic (exact) mass is 216 g/mol. The van der Waals surface area contributed by atoms with Crippen LogP contribution in [0.25, 0.3) is 0 Å². The number of nitrogens with zero attached hydrogens (tertiary/aromatic N) is 2. The normalized spacial score (nSPS) is 22.1. The van der Waals surface area contributed by atoms with Crippen LogP contribution in [0, 0.1) is 0 Å². The van der Waals surface area contributed by atoms with Crippen molar-refractivity contribution < 1.29 is 0 Å². The van der Waals surface area contributed by atoms with Crippen LogP contribution >= 0.6 is 0 Å². The molecule has 2 rings (SSSR count). The standard InChI is InChI=1S/C14H20N2/c1-11-15-13(2,3)14(4,5)16(11)12-9-7-6-8-10-12/h6-10H,1-5H3. The van der Waals surface area contributed by atoms with E-state index >= 15 is 0 Å². The highest BCUT2D eigenvalue weighted by Gasteiger charge is 2.47. The Morgan fingerprint density at radius 3 is 2.00 bits per heavy atom. The SMILES string of the molecule is CC1=NC(C)(C)C(C)(C)N1c1ccccc1. The molecule has 0 aromatic heterocycles. The minimum absolute atomic E-state index is 0.0123. The molecule has 0 N–H and O–H groups in total. The Morgan fingerprint density at radius 1 is 1.00 bits per heavy atom. The van der Waals surface area contributed by atoms with E-state index in [9.17, 15) is 0 Å². The highest BCUT2D eigenvalue weighted by atomic mass is 15.3. The molecule has 0 unspecified atom stereocenters. The predicted molar refractivity (Wildman–Crippen MR) is 70.2 cm³/mol. The van der Waals surface area contributed by atoms with Gasteiger partial charge >= 0.3 is 0 Å². The van der Waals surface area contributed by atoms with Crippen LogP contribution in [-0.2, 0) is 0 Å². The average Bonchev–Trinajstić information content (AvgIpc) is 2.33. The van der Waals surface area contributed by atoms with Crippen molar-refractivity contribution in [3.63, 3.8) is 0 Å². The maximum atomic E-state index is 4.77. The smallest absolute Gasteiger partial charge is 0.102 e. The summed E-state index contributed by atoms with van der Waals surface area (Å²) in [5.74, 6) is 1.10. The summed E-state index contributed by atoms with van der Waals surface area (Å²) in [6.07, 6.45) is 0. The Hall–Kier alpha value is -1.31. The van der Waals surface area contributed by atoms with Gasteiger partial charge in [0.15, 0.2) is 0 Å². The zero-order valence-corrected chi connectivity index (χ0v) is 10.8. The van der Waals surface area contributed by atoms with Crippen LogP contribution in [0.2, 0.25) is 0 Å². The molecule has 0 saturated heterocycles. The lowest BCUT2D eigenvalue weighted by Gasteiger charge is -2.41. The van der Waals surface area contributed by atoms with Gasteiger partial charge in [0.25, 0.3) is 0 Å². The van der Waals surface area contributed by atoms with Crippen LogP contribution < -0.4 is 4.90 Å². The number of amidine groups is 1. The topological polar surface area (TPSA) is 15.6 Å². The van der Waals surface area contributed by atoms with Crippen LogP contribution in [0.15, 0.2) is 35.3 Å². The molecule has 0 fully saturated rings. The van der Waals surface area contributed by atoms with Gasteiger partial charge in [-0.05, 0) is 46.8 Å². The molecule has 86 valence electrons. The van der Waals surface area contributed by atoms with E-state index in [2.05, 4.69) is 63.8 Å². The lowest BCUT2D eigenvalue weighted by molar-refractivity contribution is 0.338. The summed E-state index contributed by atoms with van der Waals surface area (Å²) in [6, 6.07) is 10.5. The van der Waals surface area contributed by atoms with Crippen LogP contribution in [0.3, 0.4) is 0 Å². The van der Waals surface area contributed by atoms with Crippen molar-refractivity contribution in [3.8, 4) is 0 Å². The molecule has 1 aliphatic heterocycles. The number of rotatable bonds is 1. The molecule has 0 atom stereocenters. The van der Waals surface area contributed by atoms with Crippen LogP contribution in [0.4, 0.5) is 5.69 Å². The van der Waals surface area contributed by atoms with Gasteiger partial charge in [0, 0.05) is 5.69 Å². The first kappa shape index (κ1) is 11.2. The molecule has 0 saturated carbocycles. The zero-order chi connectivity index (χ0) is 12.0. The fourth-order valence-corrected chi connectivity index (χ4v) is 2.36. The summed E-state index contributed by atoms with van der Waals surface area (Å²) >= 11 is 0. The molecule has 0 amide bonds. The minimum Gasteiger partial charge on any atom is -0.322 e. The summed E-state index contributed by atoms with van der Waals surface area (Å²) in [5, 5.41) is 0. The van der Waals surface area contributed by atoms with E-state index in [1.165, 1.54) is 5.69 Å². The molecule has 0 spiro atoms. The lowest BCUT2D eigenvalue weighted by Crippen LogP contribution is -2.52. The summed E-state index contributed by atoms with van der Waals surface area (Å²) in [6.45, 7) is 11.0. The fourth-order valence-electron chi connectivity index (χ4n) is 2.36. The molecule has 1 aromatic rings. The Morgan fingerprint density at radius 2 is 1.56 bits per heavy atom. The Kier molecular flexibility index (Phi) is 2.33. The van der Waals surface area contributed by atoms with Crippen molar-refractivity contribution in [1.82, 2.24) is 0 Å². The third-order valence-electron chi connectivity index (χ3n) is 3.84. The highest BCUT2D eigenvalue weighted by molar-refractivity contribution is 6.00. The maximum Gasteiger partial charge on any atom is 0.102 e. The number of hydrogen-bond acceptors (Lipinski definition) is 2. The van der Waals surface area contributed by atoms with Crippen molar-refractivity contribution in [1.29, 1.82) is 0 Å². The van der Waals surface area contributed by atoms with Crippen molar-refractivity contribution >= 4 is 11.5 Å². The van der Waals surface area contributed by atoms with Gasteiger partial charge in [-0.15, -0.1) is 0 Å². The van der Waals surface area contributed by atoms with Crippen molar-refractivity contribution in [3.05, 3.63) is 30.3 Å². The van der Waals surface area contributed by atoms with E-state index in [1.807, 2.05) is 6.07 Å². The Labute approximate surface area is 98.0 Å². The van der Waals surface area contributed by atoms with Gasteiger partial charge in [-0.3, -0.25) is 4.99 Å². The molecule has 1 aromatic carbocycles. The fraction of sp³-hybridized carbons (Fsp3) is 0.500. The third kappa shape index (κ3) is 1.44. The summed E-state index contributed by atoms with van der Waals surface area (Å²) < 4.78 is 0.